The first-order valence-electron chi connectivity index (χ1n) is 10.3. The first kappa shape index (κ1) is 24.7. The van der Waals surface area contributed by atoms with E-state index in [0.717, 1.165) is 89.5 Å². The topological polar surface area (TPSA) is 49.3 Å². The van der Waals surface area contributed by atoms with Gasteiger partial charge in [0.2, 0.25) is 0 Å². The number of rotatable bonds is 8. The number of guanidine groups is 1. The maximum Gasteiger partial charge on any atom is 0.193 e. The standard InChI is InChI=1S/C21H33ClN4O2.HI/c1-23-21(24-8-2-13-27-16-19-7-14-28-17-19)26-11-9-25(10-12-26)15-18-3-5-20(22)6-4-18;/h3-6,19H,2,7-17H2,1H3,(H,23,24);1H. The summed E-state index contributed by atoms with van der Waals surface area (Å²) in [5.74, 6) is 1.58. The molecule has 2 aliphatic heterocycles. The predicted molar refractivity (Wildman–Crippen MR) is 129 cm³/mol. The molecular weight excluding hydrogens is 503 g/mol. The van der Waals surface area contributed by atoms with Crippen molar-refractivity contribution in [2.24, 2.45) is 10.9 Å². The van der Waals surface area contributed by atoms with Gasteiger partial charge in [-0.25, -0.2) is 0 Å². The monoisotopic (exact) mass is 536 g/mol. The number of aliphatic imine (C=N–C) groups is 1. The highest BCUT2D eigenvalue weighted by Gasteiger charge is 2.19. The van der Waals surface area contributed by atoms with Crippen molar-refractivity contribution in [1.29, 1.82) is 0 Å². The fraction of sp³-hybridized carbons (Fsp3) is 0.667. The van der Waals surface area contributed by atoms with E-state index in [9.17, 15) is 0 Å². The molecule has 8 heteroatoms. The van der Waals surface area contributed by atoms with Crippen LogP contribution in [0, 0.1) is 5.92 Å². The minimum Gasteiger partial charge on any atom is -0.381 e. The van der Waals surface area contributed by atoms with Gasteiger partial charge in [0.05, 0.1) is 13.2 Å². The van der Waals surface area contributed by atoms with Gasteiger partial charge in [-0.3, -0.25) is 9.89 Å². The highest BCUT2D eigenvalue weighted by atomic mass is 127. The van der Waals surface area contributed by atoms with Gasteiger partial charge in [0.1, 0.15) is 0 Å². The zero-order valence-corrected chi connectivity index (χ0v) is 20.4. The first-order valence-corrected chi connectivity index (χ1v) is 10.7. The minimum atomic E-state index is 0. The molecule has 1 unspecified atom stereocenters. The number of piperazine rings is 1. The Kier molecular flexibility index (Phi) is 11.6. The molecule has 1 aromatic rings. The maximum atomic E-state index is 5.97. The summed E-state index contributed by atoms with van der Waals surface area (Å²) in [6.45, 7) is 9.27. The second-order valence-corrected chi connectivity index (χ2v) is 7.96. The quantitative estimate of drug-likeness (QED) is 0.240. The molecule has 0 aliphatic carbocycles. The second-order valence-electron chi connectivity index (χ2n) is 7.52. The van der Waals surface area contributed by atoms with Gasteiger partial charge in [0.25, 0.3) is 0 Å². The molecule has 29 heavy (non-hydrogen) atoms. The Bertz CT molecular complexity index is 603. The molecule has 1 aromatic carbocycles. The maximum absolute atomic E-state index is 5.97. The third-order valence-electron chi connectivity index (χ3n) is 5.33. The Morgan fingerprint density at radius 2 is 2.00 bits per heavy atom. The Hall–Kier alpha value is -0.610. The molecule has 0 amide bonds. The van der Waals surface area contributed by atoms with Gasteiger partial charge in [-0.15, -0.1) is 24.0 Å². The van der Waals surface area contributed by atoms with E-state index in [-0.39, 0.29) is 24.0 Å². The van der Waals surface area contributed by atoms with Crippen LogP contribution >= 0.6 is 35.6 Å². The molecule has 0 aromatic heterocycles. The summed E-state index contributed by atoms with van der Waals surface area (Å²) < 4.78 is 11.1. The molecule has 0 spiro atoms. The van der Waals surface area contributed by atoms with E-state index in [4.69, 9.17) is 21.1 Å². The van der Waals surface area contributed by atoms with Gasteiger partial charge >= 0.3 is 0 Å². The van der Waals surface area contributed by atoms with Crippen LogP contribution in [0.15, 0.2) is 29.3 Å². The summed E-state index contributed by atoms with van der Waals surface area (Å²) in [6.07, 6.45) is 2.12. The largest absolute Gasteiger partial charge is 0.381 e. The van der Waals surface area contributed by atoms with Crippen LogP contribution in [0.1, 0.15) is 18.4 Å². The molecule has 1 atom stereocenters. The molecule has 1 N–H and O–H groups in total. The Morgan fingerprint density at radius 3 is 2.66 bits per heavy atom. The van der Waals surface area contributed by atoms with Crippen LogP contribution in [0.3, 0.4) is 0 Å². The van der Waals surface area contributed by atoms with Crippen molar-refractivity contribution in [2.45, 2.75) is 19.4 Å². The molecule has 2 aliphatic rings. The third kappa shape index (κ3) is 8.57. The van der Waals surface area contributed by atoms with E-state index in [0.29, 0.717) is 5.92 Å². The molecule has 2 heterocycles. The minimum absolute atomic E-state index is 0. The number of benzene rings is 1. The van der Waals surface area contributed by atoms with Crippen LogP contribution in [0.2, 0.25) is 5.02 Å². The van der Waals surface area contributed by atoms with Crippen LogP contribution < -0.4 is 5.32 Å². The summed E-state index contributed by atoms with van der Waals surface area (Å²) in [5.41, 5.74) is 1.31. The van der Waals surface area contributed by atoms with Crippen molar-refractivity contribution < 1.29 is 9.47 Å². The molecule has 6 nitrogen and oxygen atoms in total. The van der Waals surface area contributed by atoms with Crippen molar-refractivity contribution in [3.05, 3.63) is 34.9 Å². The Morgan fingerprint density at radius 1 is 1.24 bits per heavy atom. The van der Waals surface area contributed by atoms with Crippen LogP contribution in [0.5, 0.6) is 0 Å². The van der Waals surface area contributed by atoms with E-state index in [1.807, 2.05) is 19.2 Å². The highest BCUT2D eigenvalue weighted by molar-refractivity contribution is 14.0. The number of ether oxygens (including phenoxy) is 2. The fourth-order valence-electron chi connectivity index (χ4n) is 3.64. The zero-order chi connectivity index (χ0) is 19.6. The molecule has 2 saturated heterocycles. The molecule has 0 bridgehead atoms. The molecule has 3 rings (SSSR count). The van der Waals surface area contributed by atoms with Crippen molar-refractivity contribution in [2.75, 3.05) is 66.2 Å². The first-order chi connectivity index (χ1) is 13.7. The van der Waals surface area contributed by atoms with Gasteiger partial charge < -0.3 is 19.7 Å². The Labute approximate surface area is 197 Å². The van der Waals surface area contributed by atoms with E-state index in [2.05, 4.69) is 32.2 Å². The smallest absolute Gasteiger partial charge is 0.193 e. The highest BCUT2D eigenvalue weighted by Crippen LogP contribution is 2.13. The lowest BCUT2D eigenvalue weighted by Gasteiger charge is -2.36. The molecule has 164 valence electrons. The average molecular weight is 537 g/mol. The lowest BCUT2D eigenvalue weighted by molar-refractivity contribution is 0.0886. The van der Waals surface area contributed by atoms with Crippen molar-refractivity contribution >= 4 is 41.5 Å². The van der Waals surface area contributed by atoms with Gasteiger partial charge in [0.15, 0.2) is 5.96 Å². The van der Waals surface area contributed by atoms with Crippen LogP contribution in [0.25, 0.3) is 0 Å². The van der Waals surface area contributed by atoms with Crippen LogP contribution in [-0.4, -0.2) is 82.0 Å². The normalized spacial score (nSPS) is 20.6. The lowest BCUT2D eigenvalue weighted by atomic mass is 10.1. The third-order valence-corrected chi connectivity index (χ3v) is 5.58. The predicted octanol–water partition coefficient (Wildman–Crippen LogP) is 3.09. The SMILES string of the molecule is CN=C(NCCCOCC1CCOC1)N1CCN(Cc2ccc(Cl)cc2)CC1.I. The number of nitrogens with one attached hydrogen (secondary N) is 1. The van der Waals surface area contributed by atoms with Gasteiger partial charge in [-0.2, -0.15) is 0 Å². The van der Waals surface area contributed by atoms with E-state index < -0.39 is 0 Å². The average Bonchev–Trinajstić information content (AvgIpc) is 3.24. The summed E-state index contributed by atoms with van der Waals surface area (Å²) in [5, 5.41) is 4.27. The number of hydrogen-bond acceptors (Lipinski definition) is 4. The molecular formula is C21H34ClIN4O2. The molecule has 0 radical (unpaired) electrons. The molecule has 0 saturated carbocycles. The van der Waals surface area contributed by atoms with Gasteiger partial charge in [0, 0.05) is 70.5 Å². The summed E-state index contributed by atoms with van der Waals surface area (Å²) in [6, 6.07) is 8.14. The summed E-state index contributed by atoms with van der Waals surface area (Å²) >= 11 is 5.97. The molecule has 2 fully saturated rings. The van der Waals surface area contributed by atoms with E-state index >= 15 is 0 Å². The lowest BCUT2D eigenvalue weighted by Crippen LogP contribution is -2.52. The fourth-order valence-corrected chi connectivity index (χ4v) is 3.76. The van der Waals surface area contributed by atoms with Crippen molar-refractivity contribution in [3.63, 3.8) is 0 Å². The zero-order valence-electron chi connectivity index (χ0n) is 17.3. The summed E-state index contributed by atoms with van der Waals surface area (Å²) in [7, 11) is 1.86. The number of halogens is 2. The Balaban J connectivity index is 0.00000300. The van der Waals surface area contributed by atoms with E-state index in [1.54, 1.807) is 0 Å². The number of nitrogens with zero attached hydrogens (tertiary/aromatic N) is 3. The van der Waals surface area contributed by atoms with Crippen LogP contribution in [-0.2, 0) is 16.0 Å². The van der Waals surface area contributed by atoms with E-state index in [1.165, 1.54) is 5.56 Å². The van der Waals surface area contributed by atoms with Crippen molar-refractivity contribution in [3.8, 4) is 0 Å². The summed E-state index contributed by atoms with van der Waals surface area (Å²) in [4.78, 5) is 9.27. The van der Waals surface area contributed by atoms with Gasteiger partial charge in [-0.05, 0) is 30.5 Å². The van der Waals surface area contributed by atoms with Gasteiger partial charge in [-0.1, -0.05) is 23.7 Å². The van der Waals surface area contributed by atoms with Crippen LogP contribution in [0.4, 0.5) is 0 Å². The number of hydrogen-bond donors (Lipinski definition) is 1. The van der Waals surface area contributed by atoms with Crippen molar-refractivity contribution in [1.82, 2.24) is 15.1 Å². The second kappa shape index (κ2) is 13.6.